The summed E-state index contributed by atoms with van der Waals surface area (Å²) in [5.74, 6) is -0.704. The lowest BCUT2D eigenvalue weighted by Crippen LogP contribution is -2.65. The van der Waals surface area contributed by atoms with Crippen molar-refractivity contribution in [3.63, 3.8) is 0 Å². The fourth-order valence-corrected chi connectivity index (χ4v) is 2.61. The second kappa shape index (κ2) is 4.06. The molecule has 7 heteroatoms. The van der Waals surface area contributed by atoms with Crippen molar-refractivity contribution < 1.29 is 28.5 Å². The van der Waals surface area contributed by atoms with E-state index in [1.807, 2.05) is 13.8 Å². The molecule has 5 atom stereocenters. The number of hydrogen-bond donors (Lipinski definition) is 1. The molecule has 1 N–H and O–H groups in total. The van der Waals surface area contributed by atoms with Crippen LogP contribution in [-0.4, -0.2) is 56.2 Å². The number of fused-ring (bicyclic) bond motifs is 3. The zero-order valence-electron chi connectivity index (χ0n) is 10.5. The van der Waals surface area contributed by atoms with Gasteiger partial charge in [-0.1, -0.05) is 0 Å². The first kappa shape index (κ1) is 12.2. The van der Waals surface area contributed by atoms with Crippen LogP contribution in [0.25, 0.3) is 0 Å². The van der Waals surface area contributed by atoms with E-state index in [4.69, 9.17) is 23.7 Å². The average Bonchev–Trinajstić information content (AvgIpc) is 2.69. The number of hydrogen-bond acceptors (Lipinski definition) is 6. The van der Waals surface area contributed by atoms with Gasteiger partial charge in [-0.2, -0.15) is 0 Å². The summed E-state index contributed by atoms with van der Waals surface area (Å²) in [4.78, 5) is 11.4. The Balaban J connectivity index is 1.84. The second-order valence-corrected chi connectivity index (χ2v) is 5.11. The maximum atomic E-state index is 11.4. The number of alkyl carbamates (subject to hydrolysis) is 1. The normalized spacial score (nSPS) is 45.7. The number of methoxy groups -OCH3 is 1. The summed E-state index contributed by atoms with van der Waals surface area (Å²) in [5, 5.41) is 2.69. The fourth-order valence-electron chi connectivity index (χ4n) is 2.61. The van der Waals surface area contributed by atoms with Crippen molar-refractivity contribution in [1.82, 2.24) is 5.32 Å². The van der Waals surface area contributed by atoms with Gasteiger partial charge in [0.2, 0.25) is 0 Å². The highest BCUT2D eigenvalue weighted by Crippen LogP contribution is 2.35. The van der Waals surface area contributed by atoms with Gasteiger partial charge in [-0.25, -0.2) is 4.79 Å². The van der Waals surface area contributed by atoms with Gasteiger partial charge in [-0.15, -0.1) is 0 Å². The molecule has 0 aromatic heterocycles. The fraction of sp³-hybridized carbons (Fsp3) is 0.909. The zero-order valence-corrected chi connectivity index (χ0v) is 10.5. The lowest BCUT2D eigenvalue weighted by atomic mass is 9.96. The smallest absolute Gasteiger partial charge is 0.408 e. The topological polar surface area (TPSA) is 75.2 Å². The SMILES string of the molecule is CO[C@@H]1O[C@@H]2COC(C)(C)O[C@H]2[C@H]2OC(=O)N[C@@H]12. The summed E-state index contributed by atoms with van der Waals surface area (Å²) < 4.78 is 27.6. The molecule has 3 aliphatic rings. The van der Waals surface area contributed by atoms with Crippen LogP contribution in [0.1, 0.15) is 13.8 Å². The molecular weight excluding hydrogens is 242 g/mol. The zero-order chi connectivity index (χ0) is 12.9. The third-order valence-electron chi connectivity index (χ3n) is 3.42. The molecule has 18 heavy (non-hydrogen) atoms. The third-order valence-corrected chi connectivity index (χ3v) is 3.42. The summed E-state index contributed by atoms with van der Waals surface area (Å²) >= 11 is 0. The molecule has 0 saturated carbocycles. The van der Waals surface area contributed by atoms with Crippen molar-refractivity contribution >= 4 is 6.09 Å². The van der Waals surface area contributed by atoms with Crippen LogP contribution in [0.3, 0.4) is 0 Å². The largest absolute Gasteiger partial charge is 0.441 e. The molecule has 0 spiro atoms. The summed E-state index contributed by atoms with van der Waals surface area (Å²) in [7, 11) is 1.53. The van der Waals surface area contributed by atoms with E-state index in [9.17, 15) is 4.79 Å². The van der Waals surface area contributed by atoms with E-state index in [1.54, 1.807) is 0 Å². The van der Waals surface area contributed by atoms with Crippen LogP contribution in [0.2, 0.25) is 0 Å². The molecule has 0 aromatic rings. The highest BCUT2D eigenvalue weighted by Gasteiger charge is 2.56. The number of rotatable bonds is 1. The highest BCUT2D eigenvalue weighted by molar-refractivity contribution is 5.70. The van der Waals surface area contributed by atoms with E-state index in [0.717, 1.165) is 0 Å². The molecule has 0 bridgehead atoms. The standard InChI is InChI=1S/C11H17NO6/c1-11(2)15-4-5-7(18-11)8-6(9(14-3)16-5)12-10(13)17-8/h5-9H,4H2,1-3H3,(H,12,13)/t5-,6-,7-,8+,9-/m1/s1. The maximum absolute atomic E-state index is 11.4. The first-order chi connectivity index (χ1) is 8.50. The van der Waals surface area contributed by atoms with Gasteiger partial charge in [0, 0.05) is 7.11 Å². The van der Waals surface area contributed by atoms with Gasteiger partial charge in [0.1, 0.15) is 18.2 Å². The van der Waals surface area contributed by atoms with Crippen LogP contribution < -0.4 is 5.32 Å². The minimum absolute atomic E-state index is 0.295. The van der Waals surface area contributed by atoms with Gasteiger partial charge in [0.15, 0.2) is 18.2 Å². The summed E-state index contributed by atoms with van der Waals surface area (Å²) in [6.07, 6.45) is -2.06. The molecule has 0 radical (unpaired) electrons. The molecule has 0 aromatic carbocycles. The van der Waals surface area contributed by atoms with Crippen molar-refractivity contribution in [2.24, 2.45) is 0 Å². The first-order valence-electron chi connectivity index (χ1n) is 5.97. The van der Waals surface area contributed by atoms with Crippen molar-refractivity contribution in [2.75, 3.05) is 13.7 Å². The van der Waals surface area contributed by atoms with Crippen LogP contribution in [0.15, 0.2) is 0 Å². The molecule has 3 aliphatic heterocycles. The van der Waals surface area contributed by atoms with E-state index in [1.165, 1.54) is 7.11 Å². The maximum Gasteiger partial charge on any atom is 0.408 e. The second-order valence-electron chi connectivity index (χ2n) is 5.11. The Kier molecular flexibility index (Phi) is 2.74. The van der Waals surface area contributed by atoms with Crippen molar-refractivity contribution in [3.8, 4) is 0 Å². The van der Waals surface area contributed by atoms with Gasteiger partial charge < -0.3 is 29.0 Å². The number of ether oxygens (including phenoxy) is 5. The van der Waals surface area contributed by atoms with E-state index >= 15 is 0 Å². The summed E-state index contributed by atoms with van der Waals surface area (Å²) in [5.41, 5.74) is 0. The molecule has 7 nitrogen and oxygen atoms in total. The lowest BCUT2D eigenvalue weighted by molar-refractivity contribution is -0.361. The van der Waals surface area contributed by atoms with Crippen LogP contribution in [0, 0.1) is 0 Å². The Hall–Kier alpha value is -0.890. The molecule has 3 heterocycles. The number of carbonyl (C=O) groups is 1. The van der Waals surface area contributed by atoms with Crippen molar-refractivity contribution in [1.29, 1.82) is 0 Å². The van der Waals surface area contributed by atoms with E-state index < -0.39 is 24.3 Å². The number of amides is 1. The molecule has 3 rings (SSSR count). The Morgan fingerprint density at radius 2 is 2.17 bits per heavy atom. The van der Waals surface area contributed by atoms with E-state index in [-0.39, 0.29) is 18.2 Å². The average molecular weight is 259 g/mol. The number of carbonyl (C=O) groups excluding carboxylic acids is 1. The van der Waals surface area contributed by atoms with Crippen LogP contribution in [0.5, 0.6) is 0 Å². The van der Waals surface area contributed by atoms with Gasteiger partial charge in [0.25, 0.3) is 0 Å². The van der Waals surface area contributed by atoms with Crippen LogP contribution in [-0.2, 0) is 23.7 Å². The third kappa shape index (κ3) is 1.87. The molecule has 1 amide bonds. The van der Waals surface area contributed by atoms with Gasteiger partial charge in [0.05, 0.1) is 6.61 Å². The summed E-state index contributed by atoms with van der Waals surface area (Å²) in [6, 6.07) is -0.349. The number of nitrogens with one attached hydrogen (secondary N) is 1. The van der Waals surface area contributed by atoms with Crippen LogP contribution >= 0.6 is 0 Å². The quantitative estimate of drug-likeness (QED) is 0.713. The van der Waals surface area contributed by atoms with Gasteiger partial charge >= 0.3 is 6.09 Å². The van der Waals surface area contributed by atoms with Crippen molar-refractivity contribution in [3.05, 3.63) is 0 Å². The Morgan fingerprint density at radius 1 is 1.39 bits per heavy atom. The molecular formula is C11H17NO6. The van der Waals surface area contributed by atoms with Crippen LogP contribution in [0.4, 0.5) is 4.79 Å². The minimum atomic E-state index is -0.704. The predicted octanol–water partition coefficient (Wildman–Crippen LogP) is -0.0138. The predicted molar refractivity (Wildman–Crippen MR) is 57.8 cm³/mol. The molecule has 3 fully saturated rings. The van der Waals surface area contributed by atoms with Gasteiger partial charge in [-0.3, -0.25) is 0 Å². The monoisotopic (exact) mass is 259 g/mol. The van der Waals surface area contributed by atoms with Crippen molar-refractivity contribution in [2.45, 2.75) is 50.3 Å². The molecule has 102 valence electrons. The van der Waals surface area contributed by atoms with E-state index in [2.05, 4.69) is 5.32 Å². The molecule has 0 unspecified atom stereocenters. The Bertz CT molecular complexity index is 359. The Labute approximate surface area is 105 Å². The van der Waals surface area contributed by atoms with E-state index in [0.29, 0.717) is 6.61 Å². The Morgan fingerprint density at radius 3 is 2.89 bits per heavy atom. The molecule has 3 saturated heterocycles. The van der Waals surface area contributed by atoms with Gasteiger partial charge in [-0.05, 0) is 13.8 Å². The first-order valence-corrected chi connectivity index (χ1v) is 5.97. The minimum Gasteiger partial charge on any atom is -0.441 e. The lowest BCUT2D eigenvalue weighted by Gasteiger charge is -2.47. The summed E-state index contributed by atoms with van der Waals surface area (Å²) in [6.45, 7) is 4.04. The molecule has 0 aliphatic carbocycles. The highest BCUT2D eigenvalue weighted by atomic mass is 16.8.